The summed E-state index contributed by atoms with van der Waals surface area (Å²) in [6.45, 7) is 2.64. The van der Waals surface area contributed by atoms with E-state index in [1.807, 2.05) is 27.3 Å². The lowest BCUT2D eigenvalue weighted by molar-refractivity contribution is -0.0512. The minimum atomic E-state index is -2.89. The summed E-state index contributed by atoms with van der Waals surface area (Å²) in [6.07, 6.45) is 4.11. The zero-order valence-corrected chi connectivity index (χ0v) is 16.8. The first-order valence-corrected chi connectivity index (χ1v) is 9.42. The standard InChI is InChI=1S/C19H24F2N4O2S/c1-4-9-24-17(14-6-7-14)22-25(19(24)28)12-23(2)11-13-5-8-15(27-18(20)21)16(10-13)26-3/h4-5,8,10,14,18H,1,6-7,9,11-12H2,2-3H3. The van der Waals surface area contributed by atoms with Crippen molar-refractivity contribution < 1.29 is 18.3 Å². The van der Waals surface area contributed by atoms with Gasteiger partial charge in [-0.1, -0.05) is 12.1 Å². The Labute approximate surface area is 168 Å². The van der Waals surface area contributed by atoms with Crippen LogP contribution < -0.4 is 9.47 Å². The van der Waals surface area contributed by atoms with Crippen molar-refractivity contribution in [2.75, 3.05) is 14.2 Å². The summed E-state index contributed by atoms with van der Waals surface area (Å²) in [5.41, 5.74) is 0.903. The van der Waals surface area contributed by atoms with Gasteiger partial charge in [0.25, 0.3) is 0 Å². The lowest BCUT2D eigenvalue weighted by atomic mass is 10.2. The number of aromatic nitrogens is 3. The van der Waals surface area contributed by atoms with Crippen LogP contribution in [0.1, 0.15) is 30.1 Å². The number of benzene rings is 1. The fraction of sp³-hybridized carbons (Fsp3) is 0.474. The molecule has 0 N–H and O–H groups in total. The minimum absolute atomic E-state index is 0.0170. The van der Waals surface area contributed by atoms with E-state index in [1.165, 1.54) is 13.2 Å². The number of halogens is 2. The van der Waals surface area contributed by atoms with Crippen molar-refractivity contribution in [2.45, 2.75) is 45.1 Å². The largest absolute Gasteiger partial charge is 0.493 e. The zero-order valence-electron chi connectivity index (χ0n) is 16.0. The van der Waals surface area contributed by atoms with Gasteiger partial charge in [0.2, 0.25) is 0 Å². The second-order valence-electron chi connectivity index (χ2n) is 6.83. The maximum Gasteiger partial charge on any atom is 0.387 e. The van der Waals surface area contributed by atoms with E-state index in [2.05, 4.69) is 11.3 Å². The molecule has 1 saturated carbocycles. The van der Waals surface area contributed by atoms with E-state index in [-0.39, 0.29) is 11.5 Å². The molecule has 0 atom stereocenters. The van der Waals surface area contributed by atoms with Crippen molar-refractivity contribution in [3.05, 3.63) is 47.0 Å². The number of hydrogen-bond acceptors (Lipinski definition) is 5. The second kappa shape index (κ2) is 8.83. The highest BCUT2D eigenvalue weighted by Gasteiger charge is 2.30. The van der Waals surface area contributed by atoms with Crippen molar-refractivity contribution in [1.82, 2.24) is 19.2 Å². The molecule has 1 aromatic carbocycles. The van der Waals surface area contributed by atoms with Gasteiger partial charge >= 0.3 is 6.61 Å². The van der Waals surface area contributed by atoms with Gasteiger partial charge in [0.15, 0.2) is 16.3 Å². The molecule has 6 nitrogen and oxygen atoms in total. The highest BCUT2D eigenvalue weighted by molar-refractivity contribution is 7.71. The summed E-state index contributed by atoms with van der Waals surface area (Å²) >= 11 is 5.59. The van der Waals surface area contributed by atoms with Gasteiger partial charge in [-0.3, -0.25) is 9.47 Å². The molecule has 28 heavy (non-hydrogen) atoms. The number of rotatable bonds is 10. The Balaban J connectivity index is 1.72. The van der Waals surface area contributed by atoms with E-state index < -0.39 is 6.61 Å². The van der Waals surface area contributed by atoms with Crippen molar-refractivity contribution in [2.24, 2.45) is 0 Å². The monoisotopic (exact) mass is 410 g/mol. The first kappa shape index (κ1) is 20.5. The molecule has 2 aromatic rings. The summed E-state index contributed by atoms with van der Waals surface area (Å²) < 4.78 is 39.1. The summed E-state index contributed by atoms with van der Waals surface area (Å²) in [4.78, 5) is 2.04. The van der Waals surface area contributed by atoms with Gasteiger partial charge in [0, 0.05) is 19.0 Å². The second-order valence-corrected chi connectivity index (χ2v) is 7.20. The molecule has 152 valence electrons. The predicted octanol–water partition coefficient (Wildman–Crippen LogP) is 4.18. The fourth-order valence-electron chi connectivity index (χ4n) is 3.09. The molecule has 0 unspecified atom stereocenters. The van der Waals surface area contributed by atoms with Crippen molar-refractivity contribution >= 4 is 12.2 Å². The van der Waals surface area contributed by atoms with Crippen LogP contribution in [0.4, 0.5) is 8.78 Å². The third-order valence-corrected chi connectivity index (χ3v) is 4.91. The van der Waals surface area contributed by atoms with Crippen LogP contribution in [0.2, 0.25) is 0 Å². The Morgan fingerprint density at radius 2 is 2.14 bits per heavy atom. The zero-order chi connectivity index (χ0) is 20.3. The third kappa shape index (κ3) is 4.77. The first-order valence-electron chi connectivity index (χ1n) is 9.01. The molecule has 1 heterocycles. The van der Waals surface area contributed by atoms with Crippen LogP contribution in [0.25, 0.3) is 0 Å². The highest BCUT2D eigenvalue weighted by atomic mass is 32.1. The summed E-state index contributed by atoms with van der Waals surface area (Å²) in [7, 11) is 3.37. The number of methoxy groups -OCH3 is 1. The number of hydrogen-bond donors (Lipinski definition) is 0. The van der Waals surface area contributed by atoms with Gasteiger partial charge in [-0.25, -0.2) is 4.68 Å². The van der Waals surface area contributed by atoms with Crippen molar-refractivity contribution in [1.29, 1.82) is 0 Å². The normalized spacial score (nSPS) is 13.9. The molecule has 3 rings (SSSR count). The molecule has 0 amide bonds. The van der Waals surface area contributed by atoms with Crippen LogP contribution in [0.15, 0.2) is 30.9 Å². The molecule has 0 bridgehead atoms. The van der Waals surface area contributed by atoms with Crippen LogP contribution in [0, 0.1) is 4.77 Å². The number of ether oxygens (including phenoxy) is 2. The molecule has 1 aliphatic rings. The smallest absolute Gasteiger partial charge is 0.387 e. The van der Waals surface area contributed by atoms with E-state index in [0.717, 1.165) is 24.2 Å². The minimum Gasteiger partial charge on any atom is -0.493 e. The van der Waals surface area contributed by atoms with E-state index in [4.69, 9.17) is 22.1 Å². The topological polar surface area (TPSA) is 44.5 Å². The van der Waals surface area contributed by atoms with Crippen LogP contribution >= 0.6 is 12.2 Å². The maximum absolute atomic E-state index is 12.5. The summed E-state index contributed by atoms with van der Waals surface area (Å²) in [6, 6.07) is 4.92. The van der Waals surface area contributed by atoms with Gasteiger partial charge in [0.05, 0.1) is 13.8 Å². The van der Waals surface area contributed by atoms with E-state index >= 15 is 0 Å². The Morgan fingerprint density at radius 1 is 1.39 bits per heavy atom. The summed E-state index contributed by atoms with van der Waals surface area (Å²) in [5.74, 6) is 1.80. The van der Waals surface area contributed by atoms with Crippen LogP contribution in [0.3, 0.4) is 0 Å². The lowest BCUT2D eigenvalue weighted by Gasteiger charge is -2.18. The Kier molecular flexibility index (Phi) is 6.46. The molecule has 1 aliphatic carbocycles. The average molecular weight is 410 g/mol. The quantitative estimate of drug-likeness (QED) is 0.434. The van der Waals surface area contributed by atoms with E-state index in [0.29, 0.717) is 30.4 Å². The fourth-order valence-corrected chi connectivity index (χ4v) is 3.35. The molecule has 0 saturated heterocycles. The molecular weight excluding hydrogens is 386 g/mol. The Morgan fingerprint density at radius 3 is 2.75 bits per heavy atom. The van der Waals surface area contributed by atoms with Gasteiger partial charge in [0.1, 0.15) is 5.82 Å². The molecule has 1 fully saturated rings. The maximum atomic E-state index is 12.5. The van der Waals surface area contributed by atoms with Gasteiger partial charge in [-0.2, -0.15) is 13.9 Å². The molecule has 0 radical (unpaired) electrons. The SMILES string of the molecule is C=CCn1c(C2CC2)nn(CN(C)Cc2ccc(OC(F)F)c(OC)c2)c1=S. The highest BCUT2D eigenvalue weighted by Crippen LogP contribution is 2.39. The molecule has 0 spiro atoms. The number of allylic oxidation sites excluding steroid dienone is 1. The van der Waals surface area contributed by atoms with E-state index in [1.54, 1.807) is 12.1 Å². The van der Waals surface area contributed by atoms with Gasteiger partial charge < -0.3 is 9.47 Å². The van der Waals surface area contributed by atoms with Crippen LogP contribution in [0.5, 0.6) is 11.5 Å². The molecule has 1 aromatic heterocycles. The van der Waals surface area contributed by atoms with Crippen LogP contribution in [-0.4, -0.2) is 40.0 Å². The van der Waals surface area contributed by atoms with Gasteiger partial charge in [-0.15, -0.1) is 6.58 Å². The average Bonchev–Trinajstić information content (AvgIpc) is 3.44. The van der Waals surface area contributed by atoms with Crippen molar-refractivity contribution in [3.63, 3.8) is 0 Å². The molecular formula is C19H24F2N4O2S. The Hall–Kier alpha value is -2.26. The predicted molar refractivity (Wildman–Crippen MR) is 104 cm³/mol. The van der Waals surface area contributed by atoms with Crippen LogP contribution in [-0.2, 0) is 19.8 Å². The summed E-state index contributed by atoms with van der Waals surface area (Å²) in [5, 5.41) is 4.71. The lowest BCUT2D eigenvalue weighted by Crippen LogP contribution is -2.22. The van der Waals surface area contributed by atoms with Crippen molar-refractivity contribution in [3.8, 4) is 11.5 Å². The van der Waals surface area contributed by atoms with E-state index in [9.17, 15) is 8.78 Å². The molecule has 9 heteroatoms. The first-order chi connectivity index (χ1) is 13.4. The number of alkyl halides is 2. The molecule has 0 aliphatic heterocycles. The number of nitrogens with zero attached hydrogens (tertiary/aromatic N) is 4. The van der Waals surface area contributed by atoms with Gasteiger partial charge in [-0.05, 0) is 49.8 Å². The Bertz CT molecular complexity index is 893. The third-order valence-electron chi connectivity index (χ3n) is 4.48.